The van der Waals surface area contributed by atoms with E-state index in [-0.39, 0.29) is 12.2 Å². The van der Waals surface area contributed by atoms with Crippen molar-refractivity contribution in [2.75, 3.05) is 6.54 Å². The van der Waals surface area contributed by atoms with Crippen molar-refractivity contribution in [3.8, 4) is 0 Å². The van der Waals surface area contributed by atoms with E-state index in [4.69, 9.17) is 5.11 Å². The number of fused-ring (bicyclic) bond motifs is 1. The number of rotatable bonds is 6. The van der Waals surface area contributed by atoms with Crippen molar-refractivity contribution in [1.82, 2.24) is 5.32 Å². The van der Waals surface area contributed by atoms with Crippen LogP contribution >= 0.6 is 0 Å². The highest BCUT2D eigenvalue weighted by Crippen LogP contribution is 2.23. The third-order valence-corrected chi connectivity index (χ3v) is 3.78. The highest BCUT2D eigenvalue weighted by atomic mass is 16.4. The van der Waals surface area contributed by atoms with Gasteiger partial charge in [0, 0.05) is 5.56 Å². The largest absolute Gasteiger partial charge is 0.481 e. The molecule has 2 rings (SSSR count). The summed E-state index contributed by atoms with van der Waals surface area (Å²) >= 11 is 0. The molecule has 0 aromatic heterocycles. The number of carboxylic acids is 1. The molecule has 0 spiro atoms. The van der Waals surface area contributed by atoms with Crippen molar-refractivity contribution in [2.45, 2.75) is 45.1 Å². The van der Waals surface area contributed by atoms with Crippen molar-refractivity contribution < 1.29 is 14.7 Å². The van der Waals surface area contributed by atoms with Crippen LogP contribution in [0.5, 0.6) is 0 Å². The highest BCUT2D eigenvalue weighted by molar-refractivity contribution is 6.01. The fraction of sp³-hybridized carbons (Fsp3) is 0.500. The number of benzene rings is 1. The topological polar surface area (TPSA) is 66.4 Å². The molecule has 2 N–H and O–H groups in total. The van der Waals surface area contributed by atoms with Crippen LogP contribution in [0.15, 0.2) is 18.2 Å². The third kappa shape index (κ3) is 3.45. The Balaban J connectivity index is 2.20. The lowest BCUT2D eigenvalue weighted by Crippen LogP contribution is -2.38. The van der Waals surface area contributed by atoms with Crippen LogP contribution in [0.4, 0.5) is 0 Å². The second kappa shape index (κ2) is 6.66. The van der Waals surface area contributed by atoms with Crippen LogP contribution in [-0.4, -0.2) is 29.4 Å². The number of aryl methyl sites for hydroxylation is 2. The molecule has 1 unspecified atom stereocenters. The van der Waals surface area contributed by atoms with E-state index in [9.17, 15) is 9.59 Å². The Kier molecular flexibility index (Phi) is 4.90. The molecule has 0 saturated heterocycles. The van der Waals surface area contributed by atoms with Gasteiger partial charge in [-0.25, -0.2) is 0 Å². The van der Waals surface area contributed by atoms with Crippen LogP contribution in [0.1, 0.15) is 47.7 Å². The first-order chi connectivity index (χ1) is 9.61. The Morgan fingerprint density at radius 3 is 2.60 bits per heavy atom. The number of hydrogen-bond acceptors (Lipinski definition) is 3. The van der Waals surface area contributed by atoms with Crippen molar-refractivity contribution in [2.24, 2.45) is 0 Å². The van der Waals surface area contributed by atoms with Gasteiger partial charge in [-0.3, -0.25) is 9.59 Å². The van der Waals surface area contributed by atoms with Crippen molar-refractivity contribution >= 4 is 11.8 Å². The minimum Gasteiger partial charge on any atom is -0.481 e. The number of carbonyl (C=O) groups is 2. The standard InChI is InChI=1S/C16H21NO3/c1-2-17-14(10-15(18)19)16(20)13-8-7-11-5-3-4-6-12(11)9-13/h7-9,14,17H,2-6,10H2,1H3,(H,18,19). The minimum atomic E-state index is -0.956. The van der Waals surface area contributed by atoms with Gasteiger partial charge in [0.15, 0.2) is 5.78 Å². The Hall–Kier alpha value is -1.68. The predicted octanol–water partition coefficient (Wildman–Crippen LogP) is 2.20. The van der Waals surface area contributed by atoms with Crippen LogP contribution in [0.2, 0.25) is 0 Å². The number of carboxylic acid groups (broad SMARTS) is 1. The molecule has 0 saturated carbocycles. The molecule has 1 aromatic carbocycles. The second-order valence-corrected chi connectivity index (χ2v) is 5.26. The zero-order valence-electron chi connectivity index (χ0n) is 11.8. The molecule has 20 heavy (non-hydrogen) atoms. The van der Waals surface area contributed by atoms with Gasteiger partial charge in [0.25, 0.3) is 0 Å². The molecule has 1 aromatic rings. The molecular weight excluding hydrogens is 254 g/mol. The average Bonchev–Trinajstić information content (AvgIpc) is 2.45. The number of nitrogens with one attached hydrogen (secondary N) is 1. The summed E-state index contributed by atoms with van der Waals surface area (Å²) in [5.41, 5.74) is 3.19. The lowest BCUT2D eigenvalue weighted by atomic mass is 9.88. The van der Waals surface area contributed by atoms with E-state index < -0.39 is 12.0 Å². The molecule has 0 amide bonds. The van der Waals surface area contributed by atoms with E-state index in [1.165, 1.54) is 17.5 Å². The van der Waals surface area contributed by atoms with Crippen molar-refractivity contribution in [3.05, 3.63) is 34.9 Å². The fourth-order valence-corrected chi connectivity index (χ4v) is 2.77. The van der Waals surface area contributed by atoms with E-state index in [2.05, 4.69) is 5.32 Å². The Labute approximate surface area is 119 Å². The van der Waals surface area contributed by atoms with Crippen LogP contribution < -0.4 is 5.32 Å². The Bertz CT molecular complexity index is 510. The van der Waals surface area contributed by atoms with Gasteiger partial charge in [-0.1, -0.05) is 19.1 Å². The molecule has 1 aliphatic rings. The SMILES string of the molecule is CCNC(CC(=O)O)C(=O)c1ccc2c(c1)CCCC2. The van der Waals surface area contributed by atoms with E-state index in [0.29, 0.717) is 12.1 Å². The van der Waals surface area contributed by atoms with E-state index in [1.54, 1.807) is 0 Å². The summed E-state index contributed by atoms with van der Waals surface area (Å²) in [5, 5.41) is 11.9. The average molecular weight is 275 g/mol. The molecule has 1 aliphatic carbocycles. The maximum atomic E-state index is 12.4. The number of Topliss-reactive ketones (excluding diaryl/α,β-unsaturated/α-hetero) is 1. The van der Waals surface area contributed by atoms with Crippen LogP contribution in [0.25, 0.3) is 0 Å². The molecular formula is C16H21NO3. The highest BCUT2D eigenvalue weighted by Gasteiger charge is 2.23. The number of aliphatic carboxylic acids is 1. The number of carbonyl (C=O) groups excluding carboxylic acids is 1. The number of ketones is 1. The van der Waals surface area contributed by atoms with E-state index >= 15 is 0 Å². The van der Waals surface area contributed by atoms with Gasteiger partial charge in [-0.15, -0.1) is 0 Å². The third-order valence-electron chi connectivity index (χ3n) is 3.78. The molecule has 0 bridgehead atoms. The van der Waals surface area contributed by atoms with E-state index in [0.717, 1.165) is 19.3 Å². The first-order valence-electron chi connectivity index (χ1n) is 7.23. The molecule has 4 heteroatoms. The van der Waals surface area contributed by atoms with Crippen molar-refractivity contribution in [3.63, 3.8) is 0 Å². The van der Waals surface area contributed by atoms with E-state index in [1.807, 2.05) is 25.1 Å². The summed E-state index contributed by atoms with van der Waals surface area (Å²) < 4.78 is 0. The summed E-state index contributed by atoms with van der Waals surface area (Å²) in [6.45, 7) is 2.45. The summed E-state index contributed by atoms with van der Waals surface area (Å²) in [7, 11) is 0. The lowest BCUT2D eigenvalue weighted by molar-refractivity contribution is -0.137. The minimum absolute atomic E-state index is 0.123. The van der Waals surface area contributed by atoms with Gasteiger partial charge in [0.1, 0.15) is 0 Å². The maximum absolute atomic E-state index is 12.4. The number of likely N-dealkylation sites (N-methyl/N-ethyl adjacent to an activating group) is 1. The predicted molar refractivity (Wildman–Crippen MR) is 77.1 cm³/mol. The molecule has 0 fully saturated rings. The molecule has 108 valence electrons. The van der Waals surface area contributed by atoms with Crippen LogP contribution in [-0.2, 0) is 17.6 Å². The molecule has 0 aliphatic heterocycles. The lowest BCUT2D eigenvalue weighted by Gasteiger charge is -2.18. The quantitative estimate of drug-likeness (QED) is 0.781. The normalized spacial score (nSPS) is 15.4. The van der Waals surface area contributed by atoms with Gasteiger partial charge in [0.2, 0.25) is 0 Å². The maximum Gasteiger partial charge on any atom is 0.305 e. The first kappa shape index (κ1) is 14.7. The molecule has 0 heterocycles. The first-order valence-corrected chi connectivity index (χ1v) is 7.23. The van der Waals surface area contributed by atoms with Gasteiger partial charge >= 0.3 is 5.97 Å². The Morgan fingerprint density at radius 1 is 1.25 bits per heavy atom. The number of hydrogen-bond donors (Lipinski definition) is 2. The van der Waals surface area contributed by atoms with Crippen LogP contribution in [0.3, 0.4) is 0 Å². The van der Waals surface area contributed by atoms with Gasteiger partial charge in [-0.05, 0) is 49.4 Å². The fourth-order valence-electron chi connectivity index (χ4n) is 2.77. The molecule has 0 radical (unpaired) electrons. The zero-order valence-corrected chi connectivity index (χ0v) is 11.8. The summed E-state index contributed by atoms with van der Waals surface area (Å²) in [4.78, 5) is 23.3. The summed E-state index contributed by atoms with van der Waals surface area (Å²) in [5.74, 6) is -1.08. The van der Waals surface area contributed by atoms with Crippen molar-refractivity contribution in [1.29, 1.82) is 0 Å². The summed E-state index contributed by atoms with van der Waals surface area (Å²) in [6, 6.07) is 5.16. The smallest absolute Gasteiger partial charge is 0.305 e. The van der Waals surface area contributed by atoms with Gasteiger partial charge in [-0.2, -0.15) is 0 Å². The molecule has 4 nitrogen and oxygen atoms in total. The second-order valence-electron chi connectivity index (χ2n) is 5.26. The molecule has 1 atom stereocenters. The Morgan fingerprint density at radius 2 is 1.95 bits per heavy atom. The monoisotopic (exact) mass is 275 g/mol. The van der Waals surface area contributed by atoms with Gasteiger partial charge < -0.3 is 10.4 Å². The van der Waals surface area contributed by atoms with Gasteiger partial charge in [0.05, 0.1) is 12.5 Å². The summed E-state index contributed by atoms with van der Waals surface area (Å²) in [6.07, 6.45) is 4.29. The zero-order chi connectivity index (χ0) is 14.5. The van der Waals surface area contributed by atoms with Crippen LogP contribution in [0, 0.1) is 0 Å².